The summed E-state index contributed by atoms with van der Waals surface area (Å²) in [6.45, 7) is 0. The van der Waals surface area contributed by atoms with E-state index in [1.807, 2.05) is 6.07 Å². The average Bonchev–Trinajstić information content (AvgIpc) is 2.37. The van der Waals surface area contributed by atoms with Crippen LogP contribution in [-0.4, -0.2) is 5.11 Å². The van der Waals surface area contributed by atoms with Crippen LogP contribution in [0.4, 0.5) is 8.78 Å². The molecule has 1 aliphatic rings. The number of halogens is 2. The third-order valence-electron chi connectivity index (χ3n) is 3.24. The predicted octanol–water partition coefficient (Wildman–Crippen LogP) is 3.52. The zero-order valence-corrected chi connectivity index (χ0v) is 10.0. The minimum absolute atomic E-state index is 0.278. The Morgan fingerprint density at radius 1 is 1.05 bits per heavy atom. The monoisotopic (exact) mass is 262 g/mol. The highest BCUT2D eigenvalue weighted by molar-refractivity contribution is 5.38. The first-order valence-electron chi connectivity index (χ1n) is 6.03. The van der Waals surface area contributed by atoms with Crippen molar-refractivity contribution in [2.45, 2.75) is 18.6 Å². The Morgan fingerprint density at radius 2 is 1.74 bits per heavy atom. The summed E-state index contributed by atoms with van der Waals surface area (Å²) in [7, 11) is 0. The van der Waals surface area contributed by atoms with Crippen molar-refractivity contribution in [1.82, 2.24) is 0 Å². The maximum Gasteiger partial charge on any atom is 0.127 e. The van der Waals surface area contributed by atoms with E-state index in [-0.39, 0.29) is 6.42 Å². The van der Waals surface area contributed by atoms with Gasteiger partial charge in [0.25, 0.3) is 0 Å². The van der Waals surface area contributed by atoms with Gasteiger partial charge in [0, 0.05) is 18.1 Å². The average molecular weight is 262 g/mol. The van der Waals surface area contributed by atoms with Crippen molar-refractivity contribution < 1.29 is 18.6 Å². The fraction of sp³-hybridized carbons (Fsp3) is 0.200. The molecule has 0 fully saturated rings. The molecule has 1 unspecified atom stereocenters. The van der Waals surface area contributed by atoms with Gasteiger partial charge in [-0.1, -0.05) is 18.2 Å². The van der Waals surface area contributed by atoms with Crippen LogP contribution in [-0.2, 0) is 0 Å². The molecule has 0 bridgehead atoms. The van der Waals surface area contributed by atoms with Crippen molar-refractivity contribution in [3.8, 4) is 5.75 Å². The number of benzene rings is 2. The van der Waals surface area contributed by atoms with Gasteiger partial charge in [-0.15, -0.1) is 0 Å². The molecule has 2 nitrogen and oxygen atoms in total. The fourth-order valence-corrected chi connectivity index (χ4v) is 2.36. The highest BCUT2D eigenvalue weighted by Gasteiger charge is 2.28. The smallest absolute Gasteiger partial charge is 0.127 e. The minimum Gasteiger partial charge on any atom is -0.485 e. The maximum atomic E-state index is 13.2. The normalized spacial score (nSPS) is 21.6. The molecule has 19 heavy (non-hydrogen) atoms. The van der Waals surface area contributed by atoms with Gasteiger partial charge in [0.2, 0.25) is 0 Å². The van der Waals surface area contributed by atoms with Gasteiger partial charge in [0.05, 0.1) is 6.10 Å². The number of rotatable bonds is 1. The van der Waals surface area contributed by atoms with Crippen LogP contribution < -0.4 is 4.74 Å². The number of aliphatic hydroxyl groups is 1. The van der Waals surface area contributed by atoms with Crippen LogP contribution in [0, 0.1) is 11.6 Å². The summed E-state index contributed by atoms with van der Waals surface area (Å²) in [4.78, 5) is 0. The SMILES string of the molecule is O[C@H]1CC(c2cc(F)cc(F)c2)Oc2ccccc21. The van der Waals surface area contributed by atoms with Crippen molar-refractivity contribution in [2.75, 3.05) is 0 Å². The summed E-state index contributed by atoms with van der Waals surface area (Å²) in [5.41, 5.74) is 1.10. The zero-order valence-electron chi connectivity index (χ0n) is 10.0. The number of ether oxygens (including phenoxy) is 1. The third kappa shape index (κ3) is 2.31. The first kappa shape index (κ1) is 12.1. The zero-order chi connectivity index (χ0) is 13.4. The highest BCUT2D eigenvalue weighted by atomic mass is 19.1. The van der Waals surface area contributed by atoms with Crippen LogP contribution in [0.15, 0.2) is 42.5 Å². The van der Waals surface area contributed by atoms with Crippen molar-refractivity contribution in [3.63, 3.8) is 0 Å². The standard InChI is InChI=1S/C15H12F2O2/c16-10-5-9(6-11(17)7-10)15-8-13(18)12-3-1-2-4-14(12)19-15/h1-7,13,15,18H,8H2/t13-,15?/m0/s1. The second-order valence-corrected chi connectivity index (χ2v) is 4.60. The minimum atomic E-state index is -0.693. The quantitative estimate of drug-likeness (QED) is 0.852. The summed E-state index contributed by atoms with van der Waals surface area (Å²) in [5, 5.41) is 10.1. The Morgan fingerprint density at radius 3 is 2.47 bits per heavy atom. The number of fused-ring (bicyclic) bond motifs is 1. The van der Waals surface area contributed by atoms with E-state index < -0.39 is 23.8 Å². The molecule has 98 valence electrons. The van der Waals surface area contributed by atoms with Gasteiger partial charge < -0.3 is 9.84 Å². The second-order valence-electron chi connectivity index (χ2n) is 4.60. The van der Waals surface area contributed by atoms with E-state index in [9.17, 15) is 13.9 Å². The van der Waals surface area contributed by atoms with Gasteiger partial charge >= 0.3 is 0 Å². The van der Waals surface area contributed by atoms with E-state index in [0.717, 1.165) is 6.07 Å². The summed E-state index contributed by atoms with van der Waals surface area (Å²) in [6.07, 6.45) is -0.962. The van der Waals surface area contributed by atoms with Crippen molar-refractivity contribution >= 4 is 0 Å². The Hall–Kier alpha value is -1.94. The Kier molecular flexibility index (Phi) is 2.95. The molecule has 1 heterocycles. The van der Waals surface area contributed by atoms with E-state index in [0.29, 0.717) is 16.9 Å². The van der Waals surface area contributed by atoms with Gasteiger partial charge in [-0.25, -0.2) is 8.78 Å². The lowest BCUT2D eigenvalue weighted by atomic mass is 9.95. The molecule has 0 spiro atoms. The summed E-state index contributed by atoms with van der Waals surface area (Å²) < 4.78 is 32.1. The summed E-state index contributed by atoms with van der Waals surface area (Å²) in [5.74, 6) is -0.741. The fourth-order valence-electron chi connectivity index (χ4n) is 2.36. The molecule has 4 heteroatoms. The predicted molar refractivity (Wildman–Crippen MR) is 65.7 cm³/mol. The third-order valence-corrected chi connectivity index (χ3v) is 3.24. The topological polar surface area (TPSA) is 29.5 Å². The van der Waals surface area contributed by atoms with Crippen LogP contribution in [0.5, 0.6) is 5.75 Å². The molecule has 3 rings (SSSR count). The largest absolute Gasteiger partial charge is 0.485 e. The molecule has 0 aliphatic carbocycles. The highest BCUT2D eigenvalue weighted by Crippen LogP contribution is 2.40. The van der Waals surface area contributed by atoms with Crippen LogP contribution in [0.2, 0.25) is 0 Å². The van der Waals surface area contributed by atoms with Crippen molar-refractivity contribution in [2.24, 2.45) is 0 Å². The molecule has 0 amide bonds. The molecular weight excluding hydrogens is 250 g/mol. The Bertz CT molecular complexity index is 593. The molecular formula is C15H12F2O2. The Balaban J connectivity index is 1.96. The van der Waals surface area contributed by atoms with Crippen LogP contribution in [0.3, 0.4) is 0 Å². The van der Waals surface area contributed by atoms with Gasteiger partial charge in [0.15, 0.2) is 0 Å². The first-order valence-corrected chi connectivity index (χ1v) is 6.03. The van der Waals surface area contributed by atoms with Crippen molar-refractivity contribution in [3.05, 3.63) is 65.2 Å². The van der Waals surface area contributed by atoms with E-state index in [1.54, 1.807) is 18.2 Å². The molecule has 2 atom stereocenters. The van der Waals surface area contributed by atoms with Crippen molar-refractivity contribution in [1.29, 1.82) is 0 Å². The number of para-hydroxylation sites is 1. The first-order chi connectivity index (χ1) is 9.13. The lowest BCUT2D eigenvalue weighted by molar-refractivity contribution is 0.0654. The molecule has 0 radical (unpaired) electrons. The van der Waals surface area contributed by atoms with Gasteiger partial charge in [-0.2, -0.15) is 0 Å². The van der Waals surface area contributed by atoms with Gasteiger partial charge in [0.1, 0.15) is 23.5 Å². The Labute approximate surface area is 109 Å². The maximum absolute atomic E-state index is 13.2. The summed E-state index contributed by atoms with van der Waals surface area (Å²) in [6, 6.07) is 10.4. The molecule has 0 saturated heterocycles. The number of hydrogen-bond acceptors (Lipinski definition) is 2. The van der Waals surface area contributed by atoms with E-state index >= 15 is 0 Å². The second kappa shape index (κ2) is 4.63. The van der Waals surface area contributed by atoms with Crippen LogP contribution in [0.1, 0.15) is 29.8 Å². The lowest BCUT2D eigenvalue weighted by Gasteiger charge is -2.29. The van der Waals surface area contributed by atoms with E-state index in [2.05, 4.69) is 0 Å². The molecule has 0 aromatic heterocycles. The van der Waals surface area contributed by atoms with Gasteiger partial charge in [-0.05, 0) is 23.8 Å². The van der Waals surface area contributed by atoms with Crippen LogP contribution in [0.25, 0.3) is 0 Å². The number of hydrogen-bond donors (Lipinski definition) is 1. The molecule has 1 aliphatic heterocycles. The van der Waals surface area contributed by atoms with E-state index in [4.69, 9.17) is 4.74 Å². The molecule has 0 saturated carbocycles. The van der Waals surface area contributed by atoms with Gasteiger partial charge in [-0.3, -0.25) is 0 Å². The van der Waals surface area contributed by atoms with E-state index in [1.165, 1.54) is 12.1 Å². The van der Waals surface area contributed by atoms with Crippen LogP contribution >= 0.6 is 0 Å². The molecule has 1 N–H and O–H groups in total. The molecule has 2 aromatic carbocycles. The molecule has 2 aromatic rings. The lowest BCUT2D eigenvalue weighted by Crippen LogP contribution is -2.19. The number of aliphatic hydroxyl groups excluding tert-OH is 1. The summed E-state index contributed by atoms with van der Waals surface area (Å²) >= 11 is 0.